The molecular formula is C14H9BrOS. The van der Waals surface area contributed by atoms with Crippen molar-refractivity contribution in [3.8, 4) is 0 Å². The SMILES string of the molecule is O=C1c2cc(Br)ccc2CSc2ccccc21. The average Bonchev–Trinajstić information content (AvgIpc) is 2.49. The van der Waals surface area contributed by atoms with E-state index < -0.39 is 0 Å². The third-order valence-electron chi connectivity index (χ3n) is 2.83. The third kappa shape index (κ3) is 1.94. The van der Waals surface area contributed by atoms with E-state index in [4.69, 9.17) is 0 Å². The molecule has 17 heavy (non-hydrogen) atoms. The minimum atomic E-state index is 0.127. The Hall–Kier alpha value is -1.06. The topological polar surface area (TPSA) is 17.1 Å². The Bertz CT molecular complexity index is 607. The fraction of sp³-hybridized carbons (Fsp3) is 0.0714. The quantitative estimate of drug-likeness (QED) is 0.722. The van der Waals surface area contributed by atoms with Crippen molar-refractivity contribution in [3.63, 3.8) is 0 Å². The van der Waals surface area contributed by atoms with Crippen LogP contribution in [-0.2, 0) is 5.75 Å². The summed E-state index contributed by atoms with van der Waals surface area (Å²) < 4.78 is 0.953. The Kier molecular flexibility index (Phi) is 2.81. The molecule has 0 N–H and O–H groups in total. The lowest BCUT2D eigenvalue weighted by Crippen LogP contribution is -2.03. The summed E-state index contributed by atoms with van der Waals surface area (Å²) in [6.07, 6.45) is 0. The Morgan fingerprint density at radius 2 is 1.88 bits per heavy atom. The van der Waals surface area contributed by atoms with Crippen LogP contribution >= 0.6 is 27.7 Å². The van der Waals surface area contributed by atoms with Gasteiger partial charge in [-0.25, -0.2) is 0 Å². The average molecular weight is 305 g/mol. The number of hydrogen-bond acceptors (Lipinski definition) is 2. The van der Waals surface area contributed by atoms with E-state index >= 15 is 0 Å². The lowest BCUT2D eigenvalue weighted by Gasteiger charge is -2.04. The van der Waals surface area contributed by atoms with Gasteiger partial charge in [0.25, 0.3) is 0 Å². The van der Waals surface area contributed by atoms with Gasteiger partial charge in [-0.05, 0) is 29.8 Å². The highest BCUT2D eigenvalue weighted by Gasteiger charge is 2.21. The second-order valence-electron chi connectivity index (χ2n) is 3.92. The predicted molar refractivity (Wildman–Crippen MR) is 73.6 cm³/mol. The third-order valence-corrected chi connectivity index (χ3v) is 4.45. The summed E-state index contributed by atoms with van der Waals surface area (Å²) in [5.74, 6) is 0.979. The standard InChI is InChI=1S/C14H9BrOS/c15-10-6-5-9-8-17-13-4-2-1-3-11(13)14(16)12(9)7-10/h1-7H,8H2. The van der Waals surface area contributed by atoms with Crippen LogP contribution in [0.3, 0.4) is 0 Å². The molecular weight excluding hydrogens is 296 g/mol. The van der Waals surface area contributed by atoms with Crippen LogP contribution in [0, 0.1) is 0 Å². The van der Waals surface area contributed by atoms with Gasteiger partial charge in [0, 0.05) is 26.2 Å². The van der Waals surface area contributed by atoms with E-state index in [1.54, 1.807) is 11.8 Å². The molecule has 1 aliphatic rings. The molecule has 1 nitrogen and oxygen atoms in total. The molecule has 2 aromatic rings. The van der Waals surface area contributed by atoms with E-state index in [1.165, 1.54) is 0 Å². The molecule has 0 aliphatic carbocycles. The molecule has 0 bridgehead atoms. The van der Waals surface area contributed by atoms with Gasteiger partial charge in [-0.2, -0.15) is 0 Å². The largest absolute Gasteiger partial charge is 0.289 e. The molecule has 0 unspecified atom stereocenters. The molecule has 0 fully saturated rings. The molecule has 0 saturated heterocycles. The molecule has 3 rings (SSSR count). The molecule has 1 heterocycles. The van der Waals surface area contributed by atoms with Gasteiger partial charge in [0.05, 0.1) is 0 Å². The van der Waals surface area contributed by atoms with Gasteiger partial charge in [0.2, 0.25) is 0 Å². The fourth-order valence-electron chi connectivity index (χ4n) is 1.97. The molecule has 0 spiro atoms. The summed E-state index contributed by atoms with van der Waals surface area (Å²) >= 11 is 5.15. The Morgan fingerprint density at radius 1 is 1.06 bits per heavy atom. The van der Waals surface area contributed by atoms with Gasteiger partial charge in [0.1, 0.15) is 0 Å². The van der Waals surface area contributed by atoms with Crippen LogP contribution in [0.5, 0.6) is 0 Å². The Balaban J connectivity index is 2.22. The molecule has 0 aromatic heterocycles. The summed E-state index contributed by atoms with van der Waals surface area (Å²) in [7, 11) is 0. The normalized spacial score (nSPS) is 13.8. The van der Waals surface area contributed by atoms with Crippen molar-refractivity contribution >= 4 is 33.5 Å². The zero-order valence-corrected chi connectivity index (χ0v) is 11.3. The number of rotatable bonds is 0. The van der Waals surface area contributed by atoms with Gasteiger partial charge >= 0.3 is 0 Å². The van der Waals surface area contributed by atoms with Crippen LogP contribution in [-0.4, -0.2) is 5.78 Å². The van der Waals surface area contributed by atoms with Gasteiger partial charge in [0.15, 0.2) is 5.78 Å². The summed E-state index contributed by atoms with van der Waals surface area (Å²) in [6.45, 7) is 0. The van der Waals surface area contributed by atoms with Gasteiger partial charge in [-0.1, -0.05) is 34.1 Å². The lowest BCUT2D eigenvalue weighted by molar-refractivity contribution is 0.103. The maximum atomic E-state index is 12.4. The first kappa shape index (κ1) is 11.1. The number of fused-ring (bicyclic) bond motifs is 2. The number of thioether (sulfide) groups is 1. The molecule has 2 aromatic carbocycles. The number of ketones is 1. The number of halogens is 1. The fourth-order valence-corrected chi connectivity index (χ4v) is 3.38. The monoisotopic (exact) mass is 304 g/mol. The number of carbonyl (C=O) groups is 1. The van der Waals surface area contributed by atoms with Crippen LogP contribution in [0.1, 0.15) is 21.5 Å². The van der Waals surface area contributed by atoms with Crippen molar-refractivity contribution in [2.24, 2.45) is 0 Å². The van der Waals surface area contributed by atoms with Crippen molar-refractivity contribution in [3.05, 3.63) is 63.6 Å². The smallest absolute Gasteiger partial charge is 0.194 e. The summed E-state index contributed by atoms with van der Waals surface area (Å²) in [5.41, 5.74) is 2.74. The highest BCUT2D eigenvalue weighted by molar-refractivity contribution is 9.10. The van der Waals surface area contributed by atoms with Crippen molar-refractivity contribution in [2.45, 2.75) is 10.6 Å². The van der Waals surface area contributed by atoms with E-state index in [0.717, 1.165) is 31.8 Å². The van der Waals surface area contributed by atoms with Crippen LogP contribution in [0.15, 0.2) is 51.8 Å². The molecule has 3 heteroatoms. The lowest BCUT2D eigenvalue weighted by atomic mass is 9.99. The van der Waals surface area contributed by atoms with Crippen LogP contribution in [0.25, 0.3) is 0 Å². The van der Waals surface area contributed by atoms with Crippen molar-refractivity contribution in [1.82, 2.24) is 0 Å². The molecule has 0 saturated carbocycles. The number of hydrogen-bond donors (Lipinski definition) is 0. The first-order valence-corrected chi connectivity index (χ1v) is 7.08. The van der Waals surface area contributed by atoms with E-state index in [9.17, 15) is 4.79 Å². The Morgan fingerprint density at radius 3 is 2.76 bits per heavy atom. The van der Waals surface area contributed by atoms with Crippen molar-refractivity contribution in [2.75, 3.05) is 0 Å². The van der Waals surface area contributed by atoms with Crippen molar-refractivity contribution < 1.29 is 4.79 Å². The summed E-state index contributed by atoms with van der Waals surface area (Å²) in [6, 6.07) is 13.7. The Labute approximate surface area is 112 Å². The van der Waals surface area contributed by atoms with E-state index in [2.05, 4.69) is 15.9 Å². The van der Waals surface area contributed by atoms with Crippen molar-refractivity contribution in [1.29, 1.82) is 0 Å². The van der Waals surface area contributed by atoms with E-state index in [0.29, 0.717) is 0 Å². The van der Waals surface area contributed by atoms with Gasteiger partial charge in [-0.3, -0.25) is 4.79 Å². The molecule has 0 radical (unpaired) electrons. The van der Waals surface area contributed by atoms with Crippen LogP contribution in [0.2, 0.25) is 0 Å². The molecule has 0 atom stereocenters. The highest BCUT2D eigenvalue weighted by Crippen LogP contribution is 2.34. The summed E-state index contributed by atoms with van der Waals surface area (Å²) in [5, 5.41) is 0. The van der Waals surface area contributed by atoms with Crippen LogP contribution in [0.4, 0.5) is 0 Å². The van der Waals surface area contributed by atoms with Crippen LogP contribution < -0.4 is 0 Å². The minimum absolute atomic E-state index is 0.127. The van der Waals surface area contributed by atoms with Gasteiger partial charge < -0.3 is 0 Å². The predicted octanol–water partition coefficient (Wildman–Crippen LogP) is 4.29. The first-order valence-electron chi connectivity index (χ1n) is 5.30. The first-order chi connectivity index (χ1) is 8.25. The maximum absolute atomic E-state index is 12.4. The molecule has 84 valence electrons. The minimum Gasteiger partial charge on any atom is -0.289 e. The number of carbonyl (C=O) groups excluding carboxylic acids is 1. The zero-order valence-electron chi connectivity index (χ0n) is 8.94. The molecule has 0 amide bonds. The highest BCUT2D eigenvalue weighted by atomic mass is 79.9. The summed E-state index contributed by atoms with van der Waals surface area (Å²) in [4.78, 5) is 13.5. The second-order valence-corrected chi connectivity index (χ2v) is 5.85. The zero-order chi connectivity index (χ0) is 11.8. The molecule has 1 aliphatic heterocycles. The van der Waals surface area contributed by atoms with E-state index in [-0.39, 0.29) is 5.78 Å². The van der Waals surface area contributed by atoms with Gasteiger partial charge in [-0.15, -0.1) is 11.8 Å². The number of benzene rings is 2. The van der Waals surface area contributed by atoms with E-state index in [1.807, 2.05) is 42.5 Å². The second kappa shape index (κ2) is 4.31. The maximum Gasteiger partial charge on any atom is 0.194 e.